The topological polar surface area (TPSA) is 96.0 Å². The van der Waals surface area contributed by atoms with Gasteiger partial charge in [-0.25, -0.2) is 24.0 Å². The van der Waals surface area contributed by atoms with Crippen LogP contribution in [0.15, 0.2) is 29.8 Å². The Kier molecular flexibility index (Phi) is 7.36. The first-order valence-electron chi connectivity index (χ1n) is 9.38. The maximum atomic E-state index is 14.9. The van der Waals surface area contributed by atoms with Crippen molar-refractivity contribution < 1.29 is 31.5 Å². The average Bonchev–Trinajstić information content (AvgIpc) is 3.16. The molecule has 0 aliphatic carbocycles. The molecule has 3 N–H and O–H groups in total. The Labute approximate surface area is 198 Å². The number of rotatable bonds is 4. The third-order valence-corrected chi connectivity index (χ3v) is 5.57. The monoisotopic (exact) mass is 519 g/mol. The molecule has 0 aliphatic heterocycles. The number of carbonyl (C=O) groups is 2. The molecule has 0 spiro atoms. The minimum Gasteiger partial charge on any atom is -0.329 e. The second kappa shape index (κ2) is 9.89. The summed E-state index contributed by atoms with van der Waals surface area (Å²) in [5, 5.41) is 4.29. The van der Waals surface area contributed by atoms with Gasteiger partial charge in [-0.1, -0.05) is 11.6 Å². The number of amides is 3. The lowest BCUT2D eigenvalue weighted by molar-refractivity contribution is -0.174. The molecule has 0 unspecified atom stereocenters. The largest absolute Gasteiger partial charge is 0.472 e. The summed E-state index contributed by atoms with van der Waals surface area (Å²) in [7, 11) is 0. The van der Waals surface area contributed by atoms with Crippen LogP contribution >= 0.6 is 22.9 Å². The fourth-order valence-corrected chi connectivity index (χ4v) is 3.95. The number of thiazole rings is 1. The minimum atomic E-state index is -5.20. The average molecular weight is 520 g/mol. The molecule has 3 amide bonds. The zero-order valence-corrected chi connectivity index (χ0v) is 18.9. The number of urea groups is 1. The molecular formula is C20H15ClF5N5O2S. The molecule has 0 radical (unpaired) electrons. The van der Waals surface area contributed by atoms with Crippen molar-refractivity contribution in [2.75, 3.05) is 0 Å². The van der Waals surface area contributed by atoms with Gasteiger partial charge in [0.2, 0.25) is 0 Å². The second-order valence-corrected chi connectivity index (χ2v) is 8.26. The normalized spacial score (nSPS) is 12.2. The third-order valence-electron chi connectivity index (χ3n) is 4.37. The summed E-state index contributed by atoms with van der Waals surface area (Å²) < 4.78 is 66.1. The highest BCUT2D eigenvalue weighted by Gasteiger charge is 2.39. The van der Waals surface area contributed by atoms with Crippen LogP contribution in [0.3, 0.4) is 0 Å². The van der Waals surface area contributed by atoms with Gasteiger partial charge < -0.3 is 5.32 Å². The Bertz CT molecular complexity index is 1250. The first-order valence-corrected chi connectivity index (χ1v) is 10.6. The van der Waals surface area contributed by atoms with Gasteiger partial charge in [-0.05, 0) is 37.6 Å². The van der Waals surface area contributed by atoms with E-state index in [9.17, 15) is 31.5 Å². The van der Waals surface area contributed by atoms with Crippen LogP contribution < -0.4 is 16.2 Å². The fourth-order valence-electron chi connectivity index (χ4n) is 2.89. The molecule has 1 aromatic carbocycles. The molecule has 2 heterocycles. The molecule has 3 aromatic rings. The van der Waals surface area contributed by atoms with E-state index in [0.717, 1.165) is 12.1 Å². The quantitative estimate of drug-likeness (QED) is 0.331. The van der Waals surface area contributed by atoms with E-state index < -0.39 is 35.8 Å². The van der Waals surface area contributed by atoms with E-state index in [0.29, 0.717) is 10.7 Å². The first-order chi connectivity index (χ1) is 15.9. The van der Waals surface area contributed by atoms with Crippen LogP contribution in [0.5, 0.6) is 0 Å². The number of aromatic nitrogens is 2. The van der Waals surface area contributed by atoms with Gasteiger partial charge in [0.25, 0.3) is 0 Å². The Morgan fingerprint density at radius 1 is 1.12 bits per heavy atom. The summed E-state index contributed by atoms with van der Waals surface area (Å²) in [6.07, 6.45) is -3.96. The molecule has 0 saturated carbocycles. The zero-order valence-electron chi connectivity index (χ0n) is 17.4. The lowest BCUT2D eigenvalue weighted by Gasteiger charge is -2.17. The van der Waals surface area contributed by atoms with Gasteiger partial charge in [-0.15, -0.1) is 11.3 Å². The fraction of sp³-hybridized carbons (Fsp3) is 0.200. The lowest BCUT2D eigenvalue weighted by atomic mass is 10.00. The minimum absolute atomic E-state index is 0.0709. The van der Waals surface area contributed by atoms with Crippen LogP contribution in [0, 0.1) is 18.6 Å². The van der Waals surface area contributed by atoms with Crippen LogP contribution in [0.1, 0.15) is 24.4 Å². The van der Waals surface area contributed by atoms with Crippen molar-refractivity contribution in [2.45, 2.75) is 26.1 Å². The van der Waals surface area contributed by atoms with Gasteiger partial charge in [0.05, 0.1) is 17.3 Å². The summed E-state index contributed by atoms with van der Waals surface area (Å²) in [5.74, 6) is -3.93. The SMILES string of the molecule is Cc1csc(-c2c(F)cc(Cl)cc2-c2cnc([C@@H](C)NC(=O)NNC(=O)C(F)(F)F)c(F)c2)n1. The second-order valence-electron chi connectivity index (χ2n) is 6.97. The maximum Gasteiger partial charge on any atom is 0.472 e. The van der Waals surface area contributed by atoms with E-state index in [2.05, 4.69) is 15.3 Å². The standard InChI is InChI=1S/C20H15ClF5N5O2S/c1-8-7-34-17(28-8)15-12(4-11(21)5-13(15)22)10-3-14(23)16(27-6-10)9(2)29-19(33)31-30-18(32)20(24,25)26/h3-7,9H,1-2H3,(H,30,32)(H2,29,31,33)/t9-/m1/s1. The number of nitrogens with one attached hydrogen (secondary N) is 3. The number of hydrogen-bond donors (Lipinski definition) is 3. The van der Waals surface area contributed by atoms with Crippen molar-refractivity contribution in [3.8, 4) is 21.7 Å². The van der Waals surface area contributed by atoms with E-state index in [1.165, 1.54) is 41.4 Å². The number of carbonyl (C=O) groups excluding carboxylic acids is 2. The Morgan fingerprint density at radius 2 is 1.82 bits per heavy atom. The van der Waals surface area contributed by atoms with E-state index in [-0.39, 0.29) is 27.4 Å². The number of aryl methyl sites for hydroxylation is 1. The summed E-state index contributed by atoms with van der Waals surface area (Å²) in [4.78, 5) is 30.7. The number of pyridine rings is 1. The van der Waals surface area contributed by atoms with E-state index in [1.807, 2.05) is 0 Å². The number of benzene rings is 1. The zero-order chi connectivity index (χ0) is 25.2. The van der Waals surface area contributed by atoms with Crippen molar-refractivity contribution in [3.05, 3.63) is 57.8 Å². The molecule has 180 valence electrons. The predicted molar refractivity (Wildman–Crippen MR) is 115 cm³/mol. The molecule has 0 saturated heterocycles. The van der Waals surface area contributed by atoms with Crippen molar-refractivity contribution in [1.82, 2.24) is 26.1 Å². The van der Waals surface area contributed by atoms with Crippen LogP contribution in [-0.2, 0) is 4.79 Å². The van der Waals surface area contributed by atoms with Crippen LogP contribution in [0.4, 0.5) is 26.7 Å². The number of halogens is 6. The maximum absolute atomic E-state index is 14.9. The summed E-state index contributed by atoms with van der Waals surface area (Å²) >= 11 is 7.19. The van der Waals surface area contributed by atoms with Crippen molar-refractivity contribution >= 4 is 34.9 Å². The number of hydrazine groups is 1. The summed E-state index contributed by atoms with van der Waals surface area (Å²) in [5.41, 5.74) is 3.62. The molecular weight excluding hydrogens is 505 g/mol. The van der Waals surface area contributed by atoms with Gasteiger partial charge in [0.1, 0.15) is 16.6 Å². The van der Waals surface area contributed by atoms with Gasteiger partial charge in [0.15, 0.2) is 0 Å². The molecule has 2 aromatic heterocycles. The number of alkyl halides is 3. The summed E-state index contributed by atoms with van der Waals surface area (Å²) in [6.45, 7) is 3.06. The van der Waals surface area contributed by atoms with E-state index in [4.69, 9.17) is 11.6 Å². The Balaban J connectivity index is 1.83. The molecule has 1 atom stereocenters. The van der Waals surface area contributed by atoms with E-state index in [1.54, 1.807) is 12.3 Å². The highest BCUT2D eigenvalue weighted by Crippen LogP contribution is 2.38. The first kappa shape index (κ1) is 25.3. The molecule has 34 heavy (non-hydrogen) atoms. The number of hydrogen-bond acceptors (Lipinski definition) is 5. The van der Waals surface area contributed by atoms with Gasteiger partial charge in [-0.2, -0.15) is 13.2 Å². The van der Waals surface area contributed by atoms with Gasteiger partial charge in [0, 0.05) is 27.9 Å². The van der Waals surface area contributed by atoms with Crippen molar-refractivity contribution in [1.29, 1.82) is 0 Å². The smallest absolute Gasteiger partial charge is 0.329 e. The Morgan fingerprint density at radius 3 is 2.41 bits per heavy atom. The molecule has 0 aliphatic rings. The molecule has 14 heteroatoms. The predicted octanol–water partition coefficient (Wildman–Crippen LogP) is 5.07. The van der Waals surface area contributed by atoms with Gasteiger partial charge in [-0.3, -0.25) is 15.2 Å². The van der Waals surface area contributed by atoms with Crippen molar-refractivity contribution in [3.63, 3.8) is 0 Å². The highest BCUT2D eigenvalue weighted by molar-refractivity contribution is 7.13. The van der Waals surface area contributed by atoms with Crippen LogP contribution in [0.2, 0.25) is 5.02 Å². The number of nitrogens with zero attached hydrogens (tertiary/aromatic N) is 2. The Hall–Kier alpha value is -3.32. The lowest BCUT2D eigenvalue weighted by Crippen LogP contribution is -2.51. The third kappa shape index (κ3) is 5.78. The van der Waals surface area contributed by atoms with E-state index >= 15 is 0 Å². The molecule has 3 rings (SSSR count). The van der Waals surface area contributed by atoms with Crippen LogP contribution in [0.25, 0.3) is 21.7 Å². The summed E-state index contributed by atoms with van der Waals surface area (Å²) in [6, 6.07) is 1.27. The molecule has 0 bridgehead atoms. The van der Waals surface area contributed by atoms with Crippen LogP contribution in [-0.4, -0.2) is 28.1 Å². The van der Waals surface area contributed by atoms with Gasteiger partial charge >= 0.3 is 18.1 Å². The van der Waals surface area contributed by atoms with Crippen molar-refractivity contribution in [2.24, 2.45) is 0 Å². The molecule has 0 fully saturated rings. The molecule has 7 nitrogen and oxygen atoms in total. The highest BCUT2D eigenvalue weighted by atomic mass is 35.5.